The minimum absolute atomic E-state index is 0.0834. The van der Waals surface area contributed by atoms with Crippen LogP contribution in [-0.2, 0) is 0 Å². The van der Waals surface area contributed by atoms with Crippen LogP contribution in [0.25, 0.3) is 10.4 Å². The Morgan fingerprint density at radius 2 is 2.12 bits per heavy atom. The van der Waals surface area contributed by atoms with Crippen molar-refractivity contribution in [2.24, 2.45) is 0 Å². The lowest BCUT2D eigenvalue weighted by atomic mass is 10.1. The van der Waals surface area contributed by atoms with Gasteiger partial charge < -0.3 is 10.2 Å². The van der Waals surface area contributed by atoms with Crippen LogP contribution >= 0.6 is 22.9 Å². The summed E-state index contributed by atoms with van der Waals surface area (Å²) in [6.45, 7) is 0. The van der Waals surface area contributed by atoms with Crippen molar-refractivity contribution in [3.8, 4) is 16.2 Å². The lowest BCUT2D eigenvalue weighted by Gasteiger charge is -1.99. The molecule has 2 aromatic rings. The highest BCUT2D eigenvalue weighted by molar-refractivity contribution is 7.14. The number of benzene rings is 1. The molecular formula is C11H7ClO3S. The first-order chi connectivity index (χ1) is 7.59. The van der Waals surface area contributed by atoms with E-state index in [1.54, 1.807) is 24.3 Å². The average Bonchev–Trinajstić information content (AvgIpc) is 2.60. The predicted octanol–water partition coefficient (Wildman–Crippen LogP) is 3.47. The number of thiophene rings is 1. The summed E-state index contributed by atoms with van der Waals surface area (Å²) < 4.78 is 0. The highest BCUT2D eigenvalue weighted by atomic mass is 35.5. The van der Waals surface area contributed by atoms with Crippen molar-refractivity contribution >= 4 is 28.9 Å². The number of halogens is 1. The third-order valence-electron chi connectivity index (χ3n) is 2.08. The van der Waals surface area contributed by atoms with Crippen molar-refractivity contribution in [1.82, 2.24) is 0 Å². The molecule has 0 atom stereocenters. The maximum atomic E-state index is 10.8. The molecule has 0 bridgehead atoms. The fourth-order valence-corrected chi connectivity index (χ4v) is 2.46. The second-order valence-electron chi connectivity index (χ2n) is 3.14. The first-order valence-electron chi connectivity index (χ1n) is 4.39. The molecule has 0 saturated carbocycles. The van der Waals surface area contributed by atoms with Crippen LogP contribution in [0.3, 0.4) is 0 Å². The van der Waals surface area contributed by atoms with Crippen LogP contribution < -0.4 is 0 Å². The molecule has 0 radical (unpaired) electrons. The van der Waals surface area contributed by atoms with E-state index in [1.807, 2.05) is 0 Å². The molecule has 0 unspecified atom stereocenters. The van der Waals surface area contributed by atoms with Gasteiger partial charge in [0, 0.05) is 10.4 Å². The van der Waals surface area contributed by atoms with E-state index in [4.69, 9.17) is 16.7 Å². The zero-order valence-electron chi connectivity index (χ0n) is 7.98. The van der Waals surface area contributed by atoms with Crippen LogP contribution in [-0.4, -0.2) is 16.2 Å². The van der Waals surface area contributed by atoms with Crippen LogP contribution in [0.15, 0.2) is 29.6 Å². The molecule has 0 saturated heterocycles. The fraction of sp³-hybridized carbons (Fsp3) is 0. The number of hydrogen-bond donors (Lipinski definition) is 2. The Morgan fingerprint density at radius 3 is 2.69 bits per heavy atom. The summed E-state index contributed by atoms with van der Waals surface area (Å²) in [7, 11) is 0. The first kappa shape index (κ1) is 11.0. The van der Waals surface area contributed by atoms with Gasteiger partial charge in [0.05, 0.1) is 4.88 Å². The van der Waals surface area contributed by atoms with E-state index in [0.717, 1.165) is 0 Å². The van der Waals surface area contributed by atoms with Crippen LogP contribution in [0.5, 0.6) is 5.75 Å². The van der Waals surface area contributed by atoms with Gasteiger partial charge in [-0.15, -0.1) is 11.3 Å². The number of hydrogen-bond acceptors (Lipinski definition) is 3. The lowest BCUT2D eigenvalue weighted by molar-refractivity contribution is 0.0694. The summed E-state index contributed by atoms with van der Waals surface area (Å²) in [4.78, 5) is 11.3. The van der Waals surface area contributed by atoms with E-state index in [2.05, 4.69) is 0 Å². The van der Waals surface area contributed by atoms with Crippen molar-refractivity contribution in [2.75, 3.05) is 0 Å². The van der Waals surface area contributed by atoms with E-state index in [0.29, 0.717) is 15.5 Å². The van der Waals surface area contributed by atoms with E-state index in [9.17, 15) is 9.90 Å². The zero-order valence-corrected chi connectivity index (χ0v) is 9.55. The summed E-state index contributed by atoms with van der Waals surface area (Å²) in [5.41, 5.74) is 0.627. The molecule has 2 N–H and O–H groups in total. The largest absolute Gasteiger partial charge is 0.506 e. The third kappa shape index (κ3) is 1.89. The van der Waals surface area contributed by atoms with Crippen molar-refractivity contribution in [3.63, 3.8) is 0 Å². The Morgan fingerprint density at radius 1 is 1.38 bits per heavy atom. The molecule has 82 valence electrons. The topological polar surface area (TPSA) is 57.5 Å². The summed E-state index contributed by atoms with van der Waals surface area (Å²) in [5, 5.41) is 20.5. The minimum atomic E-state index is -1.14. The van der Waals surface area contributed by atoms with Gasteiger partial charge in [-0.1, -0.05) is 23.7 Å². The number of carbonyl (C=O) groups is 1. The predicted molar refractivity (Wildman–Crippen MR) is 63.4 cm³/mol. The molecule has 5 heteroatoms. The van der Waals surface area contributed by atoms with Crippen molar-refractivity contribution in [2.45, 2.75) is 0 Å². The van der Waals surface area contributed by atoms with Crippen molar-refractivity contribution in [3.05, 3.63) is 40.2 Å². The number of aromatic hydroxyl groups is 1. The molecule has 0 amide bonds. The molecule has 1 aromatic heterocycles. The van der Waals surface area contributed by atoms with Gasteiger partial charge in [0.2, 0.25) is 0 Å². The van der Waals surface area contributed by atoms with Crippen LogP contribution in [0.1, 0.15) is 10.4 Å². The lowest BCUT2D eigenvalue weighted by Crippen LogP contribution is -1.92. The second-order valence-corrected chi connectivity index (χ2v) is 4.46. The van der Waals surface area contributed by atoms with Gasteiger partial charge in [-0.3, -0.25) is 0 Å². The van der Waals surface area contributed by atoms with E-state index in [-0.39, 0.29) is 11.3 Å². The fourth-order valence-electron chi connectivity index (χ4n) is 1.34. The molecular weight excluding hydrogens is 248 g/mol. The molecule has 1 aromatic carbocycles. The highest BCUT2D eigenvalue weighted by Crippen LogP contribution is 2.38. The minimum Gasteiger partial charge on any atom is -0.506 e. The van der Waals surface area contributed by atoms with Gasteiger partial charge in [-0.25, -0.2) is 4.79 Å². The Hall–Kier alpha value is -1.52. The summed E-state index contributed by atoms with van der Waals surface area (Å²) >= 11 is 7.00. The molecule has 0 aliphatic rings. The number of carboxylic acids is 1. The third-order valence-corrected chi connectivity index (χ3v) is 3.34. The van der Waals surface area contributed by atoms with E-state index >= 15 is 0 Å². The second kappa shape index (κ2) is 4.15. The summed E-state index contributed by atoms with van der Waals surface area (Å²) in [6, 6.07) is 6.91. The molecule has 1 heterocycles. The number of aromatic carboxylic acids is 1. The van der Waals surface area contributed by atoms with Crippen molar-refractivity contribution < 1.29 is 15.0 Å². The standard InChI is InChI=1S/C11H7ClO3S/c12-7-3-1-2-6(4-7)10-9(13)8(5-16-10)11(14)15/h1-5,13H,(H,14,15). The molecule has 0 spiro atoms. The van der Waals surface area contributed by atoms with E-state index < -0.39 is 5.97 Å². The Bertz CT molecular complexity index is 548. The molecule has 0 aliphatic carbocycles. The number of rotatable bonds is 2. The molecule has 0 fully saturated rings. The zero-order chi connectivity index (χ0) is 11.7. The monoisotopic (exact) mass is 254 g/mol. The molecule has 2 rings (SSSR count). The first-order valence-corrected chi connectivity index (χ1v) is 5.65. The highest BCUT2D eigenvalue weighted by Gasteiger charge is 2.17. The summed E-state index contributed by atoms with van der Waals surface area (Å²) in [5.74, 6) is -1.35. The van der Waals surface area contributed by atoms with Gasteiger partial charge in [0.1, 0.15) is 11.3 Å². The van der Waals surface area contributed by atoms with E-state index in [1.165, 1.54) is 16.7 Å². The normalized spacial score (nSPS) is 10.3. The number of carboxylic acid groups (broad SMARTS) is 1. The maximum Gasteiger partial charge on any atom is 0.340 e. The SMILES string of the molecule is O=C(O)c1csc(-c2cccc(Cl)c2)c1O. The van der Waals surface area contributed by atoms with Gasteiger partial charge in [0.15, 0.2) is 0 Å². The van der Waals surface area contributed by atoms with Crippen LogP contribution in [0.4, 0.5) is 0 Å². The maximum absolute atomic E-state index is 10.8. The Kier molecular flexibility index (Phi) is 2.85. The molecule has 3 nitrogen and oxygen atoms in total. The van der Waals surface area contributed by atoms with Gasteiger partial charge in [-0.05, 0) is 17.7 Å². The van der Waals surface area contributed by atoms with Gasteiger partial charge in [0.25, 0.3) is 0 Å². The quantitative estimate of drug-likeness (QED) is 0.863. The smallest absolute Gasteiger partial charge is 0.340 e. The molecule has 0 aliphatic heterocycles. The van der Waals surface area contributed by atoms with Gasteiger partial charge >= 0.3 is 5.97 Å². The van der Waals surface area contributed by atoms with Crippen LogP contribution in [0.2, 0.25) is 5.02 Å². The van der Waals surface area contributed by atoms with Crippen molar-refractivity contribution in [1.29, 1.82) is 0 Å². The summed E-state index contributed by atoms with van der Waals surface area (Å²) in [6.07, 6.45) is 0. The average molecular weight is 255 g/mol. The van der Waals surface area contributed by atoms with Crippen LogP contribution in [0, 0.1) is 0 Å². The Balaban J connectivity index is 2.53. The van der Waals surface area contributed by atoms with Gasteiger partial charge in [-0.2, -0.15) is 0 Å². The Labute approximate surface area is 101 Å². The molecule has 16 heavy (non-hydrogen) atoms.